The van der Waals surface area contributed by atoms with Gasteiger partial charge in [0.2, 0.25) is 0 Å². The average Bonchev–Trinajstić information content (AvgIpc) is 2.53. The minimum Gasteiger partial charge on any atom is -0.394 e. The Kier molecular flexibility index (Phi) is 4.74. The maximum absolute atomic E-state index is 12.0. The van der Waals surface area contributed by atoms with E-state index in [1.54, 1.807) is 6.07 Å². The summed E-state index contributed by atoms with van der Waals surface area (Å²) in [6, 6.07) is 12.5. The van der Waals surface area contributed by atoms with Gasteiger partial charge in [-0.2, -0.15) is 0 Å². The summed E-state index contributed by atoms with van der Waals surface area (Å²) in [5.41, 5.74) is -0.845. The van der Waals surface area contributed by atoms with E-state index in [1.807, 2.05) is 36.4 Å². The lowest BCUT2D eigenvalue weighted by Crippen LogP contribution is -2.58. The van der Waals surface area contributed by atoms with Crippen LogP contribution in [0.1, 0.15) is 0 Å². The highest BCUT2D eigenvalue weighted by molar-refractivity contribution is 6.01. The minimum absolute atomic E-state index is 0.567. The first-order valence-electron chi connectivity index (χ1n) is 6.53. The summed E-state index contributed by atoms with van der Waals surface area (Å²) >= 11 is 0. The number of fused-ring (bicyclic) bond motifs is 1. The largest absolute Gasteiger partial charge is 0.394 e. The Morgan fingerprint density at radius 2 is 1.57 bits per heavy atom. The molecule has 0 saturated carbocycles. The number of aliphatic hydroxyl groups excluding tert-OH is 3. The van der Waals surface area contributed by atoms with Crippen molar-refractivity contribution in [3.05, 3.63) is 42.5 Å². The first-order valence-corrected chi connectivity index (χ1v) is 6.53. The summed E-state index contributed by atoms with van der Waals surface area (Å²) in [6.45, 7) is -1.70. The van der Waals surface area contributed by atoms with Gasteiger partial charge in [0.25, 0.3) is 0 Å². The van der Waals surface area contributed by atoms with Gasteiger partial charge >= 0.3 is 6.03 Å². The highest BCUT2D eigenvalue weighted by Gasteiger charge is 2.30. The fraction of sp³-hybridized carbons (Fsp3) is 0.267. The van der Waals surface area contributed by atoms with Crippen LogP contribution in [0.25, 0.3) is 10.8 Å². The minimum atomic E-state index is -1.45. The van der Waals surface area contributed by atoms with Crippen molar-refractivity contribution in [2.45, 2.75) is 5.54 Å². The molecule has 0 saturated heterocycles. The van der Waals surface area contributed by atoms with Crippen molar-refractivity contribution in [2.24, 2.45) is 0 Å². The molecular weight excluding hydrogens is 272 g/mol. The standard InChI is InChI=1S/C15H18N2O4/c18-8-15(9-19,10-20)17-14(21)16-13-7-3-5-11-4-1-2-6-12(11)13/h1-7,18-20H,8-10H2,(H2,16,17,21). The Bertz CT molecular complexity index is 612. The van der Waals surface area contributed by atoms with Crippen molar-refractivity contribution in [1.29, 1.82) is 0 Å². The van der Waals surface area contributed by atoms with Crippen LogP contribution in [0.5, 0.6) is 0 Å². The average molecular weight is 290 g/mol. The summed E-state index contributed by atoms with van der Waals surface area (Å²) in [7, 11) is 0. The topological polar surface area (TPSA) is 102 Å². The van der Waals surface area contributed by atoms with E-state index < -0.39 is 31.4 Å². The first-order chi connectivity index (χ1) is 10.1. The molecule has 0 fully saturated rings. The van der Waals surface area contributed by atoms with Gasteiger partial charge < -0.3 is 26.0 Å². The molecule has 2 rings (SSSR count). The van der Waals surface area contributed by atoms with E-state index in [9.17, 15) is 20.1 Å². The van der Waals surface area contributed by atoms with Gasteiger partial charge in [0.15, 0.2) is 0 Å². The van der Waals surface area contributed by atoms with Gasteiger partial charge in [-0.15, -0.1) is 0 Å². The zero-order chi connectivity index (χ0) is 15.3. The normalized spacial score (nSPS) is 11.4. The van der Waals surface area contributed by atoms with Gasteiger partial charge in [-0.1, -0.05) is 36.4 Å². The fourth-order valence-corrected chi connectivity index (χ4v) is 2.00. The molecule has 0 spiro atoms. The molecule has 5 N–H and O–H groups in total. The third-order valence-corrected chi connectivity index (χ3v) is 3.32. The molecule has 0 aromatic heterocycles. The first kappa shape index (κ1) is 15.2. The fourth-order valence-electron chi connectivity index (χ4n) is 2.00. The van der Waals surface area contributed by atoms with Gasteiger partial charge in [0, 0.05) is 5.39 Å². The number of anilines is 1. The monoisotopic (exact) mass is 290 g/mol. The molecule has 0 atom stereocenters. The molecule has 2 amide bonds. The van der Waals surface area contributed by atoms with Crippen LogP contribution in [0, 0.1) is 0 Å². The molecule has 0 bridgehead atoms. The summed E-state index contributed by atoms with van der Waals surface area (Å²) in [5.74, 6) is 0. The zero-order valence-electron chi connectivity index (χ0n) is 11.4. The van der Waals surface area contributed by atoms with Crippen LogP contribution in [0.3, 0.4) is 0 Å². The molecule has 0 aliphatic carbocycles. The lowest BCUT2D eigenvalue weighted by atomic mass is 10.0. The predicted molar refractivity (Wildman–Crippen MR) is 80.1 cm³/mol. The molecule has 0 aliphatic heterocycles. The maximum atomic E-state index is 12.0. The lowest BCUT2D eigenvalue weighted by Gasteiger charge is -2.28. The Morgan fingerprint density at radius 3 is 2.24 bits per heavy atom. The van der Waals surface area contributed by atoms with Crippen molar-refractivity contribution in [1.82, 2.24) is 5.32 Å². The second-order valence-electron chi connectivity index (χ2n) is 4.86. The van der Waals surface area contributed by atoms with E-state index in [-0.39, 0.29) is 0 Å². The number of carbonyl (C=O) groups excluding carboxylic acids is 1. The quantitative estimate of drug-likeness (QED) is 0.559. The molecule has 0 radical (unpaired) electrons. The summed E-state index contributed by atoms with van der Waals surface area (Å²) in [6.07, 6.45) is 0. The molecule has 6 nitrogen and oxygen atoms in total. The molecule has 112 valence electrons. The third kappa shape index (κ3) is 3.30. The Balaban J connectivity index is 2.19. The van der Waals surface area contributed by atoms with Crippen LogP contribution in [-0.4, -0.2) is 46.7 Å². The number of carbonyl (C=O) groups is 1. The number of nitrogens with one attached hydrogen (secondary N) is 2. The molecule has 0 unspecified atom stereocenters. The van der Waals surface area contributed by atoms with Crippen molar-refractivity contribution >= 4 is 22.5 Å². The second-order valence-corrected chi connectivity index (χ2v) is 4.86. The van der Waals surface area contributed by atoms with Crippen LogP contribution < -0.4 is 10.6 Å². The van der Waals surface area contributed by atoms with Crippen molar-refractivity contribution in [2.75, 3.05) is 25.1 Å². The van der Waals surface area contributed by atoms with Gasteiger partial charge in [-0.05, 0) is 11.5 Å². The number of benzene rings is 2. The SMILES string of the molecule is O=C(Nc1cccc2ccccc12)NC(CO)(CO)CO. The molecule has 2 aromatic carbocycles. The van der Waals surface area contributed by atoms with Gasteiger partial charge in [0.1, 0.15) is 5.54 Å². The summed E-state index contributed by atoms with van der Waals surface area (Å²) in [5, 5.41) is 34.5. The van der Waals surface area contributed by atoms with Crippen LogP contribution in [0.4, 0.5) is 10.5 Å². The van der Waals surface area contributed by atoms with Crippen LogP contribution >= 0.6 is 0 Å². The Labute approximate surface area is 122 Å². The third-order valence-electron chi connectivity index (χ3n) is 3.32. The molecular formula is C15H18N2O4. The Hall–Kier alpha value is -2.15. The van der Waals surface area contributed by atoms with E-state index in [0.717, 1.165) is 10.8 Å². The molecule has 6 heteroatoms. The van der Waals surface area contributed by atoms with E-state index >= 15 is 0 Å². The maximum Gasteiger partial charge on any atom is 0.319 e. The lowest BCUT2D eigenvalue weighted by molar-refractivity contribution is 0.0507. The number of hydrogen-bond acceptors (Lipinski definition) is 4. The van der Waals surface area contributed by atoms with Gasteiger partial charge in [-0.3, -0.25) is 0 Å². The smallest absolute Gasteiger partial charge is 0.319 e. The number of amides is 2. The molecule has 21 heavy (non-hydrogen) atoms. The Morgan fingerprint density at radius 1 is 0.952 bits per heavy atom. The van der Waals surface area contributed by atoms with Crippen molar-refractivity contribution in [3.63, 3.8) is 0 Å². The molecule has 0 aliphatic rings. The van der Waals surface area contributed by atoms with E-state index in [0.29, 0.717) is 5.69 Å². The zero-order valence-corrected chi connectivity index (χ0v) is 11.4. The molecule has 0 heterocycles. The van der Waals surface area contributed by atoms with Crippen LogP contribution in [0.2, 0.25) is 0 Å². The van der Waals surface area contributed by atoms with Crippen molar-refractivity contribution in [3.8, 4) is 0 Å². The van der Waals surface area contributed by atoms with Gasteiger partial charge in [-0.25, -0.2) is 4.79 Å². The van der Waals surface area contributed by atoms with Crippen molar-refractivity contribution < 1.29 is 20.1 Å². The number of rotatable bonds is 5. The van der Waals surface area contributed by atoms with E-state index in [2.05, 4.69) is 10.6 Å². The van der Waals surface area contributed by atoms with E-state index in [4.69, 9.17) is 0 Å². The number of aliphatic hydroxyl groups is 3. The predicted octanol–water partition coefficient (Wildman–Crippen LogP) is 0.677. The highest BCUT2D eigenvalue weighted by atomic mass is 16.3. The van der Waals surface area contributed by atoms with Gasteiger partial charge in [0.05, 0.1) is 25.5 Å². The second kappa shape index (κ2) is 6.53. The number of hydrogen-bond donors (Lipinski definition) is 5. The van der Waals surface area contributed by atoms with Crippen LogP contribution in [0.15, 0.2) is 42.5 Å². The number of urea groups is 1. The summed E-state index contributed by atoms with van der Waals surface area (Å²) < 4.78 is 0. The summed E-state index contributed by atoms with van der Waals surface area (Å²) in [4.78, 5) is 12.0. The van der Waals surface area contributed by atoms with Crippen LogP contribution in [-0.2, 0) is 0 Å². The highest BCUT2D eigenvalue weighted by Crippen LogP contribution is 2.22. The van der Waals surface area contributed by atoms with E-state index in [1.165, 1.54) is 0 Å². The molecule has 2 aromatic rings.